The Morgan fingerprint density at radius 3 is 2.50 bits per heavy atom. The fraction of sp³-hybridized carbons (Fsp3) is 1.00. The van der Waals surface area contributed by atoms with Gasteiger partial charge in [0.15, 0.2) is 0 Å². The topological polar surface area (TPSA) is 35.2 Å². The predicted molar refractivity (Wildman–Crippen MR) is 44.5 cm³/mol. The minimum atomic E-state index is -0.00174. The van der Waals surface area contributed by atoms with Crippen molar-refractivity contribution in [2.45, 2.75) is 31.8 Å². The first-order chi connectivity index (χ1) is 4.27. The lowest BCUT2D eigenvalue weighted by Gasteiger charge is -2.32. The van der Waals surface area contributed by atoms with Crippen LogP contribution in [0.25, 0.3) is 0 Å². The van der Waals surface area contributed by atoms with Gasteiger partial charge in [-0.3, -0.25) is 0 Å². The molecule has 2 N–H and O–H groups in total. The van der Waals surface area contributed by atoms with Crippen LogP contribution in [-0.4, -0.2) is 18.8 Å². The average molecular weight is 166 g/mol. The lowest BCUT2D eigenvalue weighted by Crippen LogP contribution is -2.40. The van der Waals surface area contributed by atoms with Crippen LogP contribution >= 0.6 is 12.4 Å². The zero-order valence-electron chi connectivity index (χ0n) is 6.43. The van der Waals surface area contributed by atoms with Gasteiger partial charge in [-0.25, -0.2) is 0 Å². The van der Waals surface area contributed by atoms with Gasteiger partial charge in [-0.1, -0.05) is 0 Å². The Morgan fingerprint density at radius 1 is 1.50 bits per heavy atom. The second kappa shape index (κ2) is 4.16. The van der Waals surface area contributed by atoms with E-state index in [0.29, 0.717) is 6.54 Å². The van der Waals surface area contributed by atoms with Crippen LogP contribution in [0.15, 0.2) is 0 Å². The van der Waals surface area contributed by atoms with Crippen molar-refractivity contribution in [2.24, 2.45) is 5.73 Å². The molecule has 0 radical (unpaired) electrons. The largest absolute Gasteiger partial charge is 0.374 e. The van der Waals surface area contributed by atoms with Gasteiger partial charge in [0.25, 0.3) is 0 Å². The molecule has 1 aliphatic heterocycles. The van der Waals surface area contributed by atoms with Crippen molar-refractivity contribution in [1.82, 2.24) is 0 Å². The van der Waals surface area contributed by atoms with E-state index < -0.39 is 0 Å². The normalized spacial score (nSPS) is 33.0. The van der Waals surface area contributed by atoms with Gasteiger partial charge in [0.2, 0.25) is 0 Å². The SMILES string of the molecule is CC1(CN)CCCCO1.Cl. The van der Waals surface area contributed by atoms with Gasteiger partial charge in [-0.15, -0.1) is 12.4 Å². The van der Waals surface area contributed by atoms with Gasteiger partial charge in [0.1, 0.15) is 0 Å². The van der Waals surface area contributed by atoms with E-state index in [1.165, 1.54) is 12.8 Å². The summed E-state index contributed by atoms with van der Waals surface area (Å²) in [5.41, 5.74) is 5.51. The summed E-state index contributed by atoms with van der Waals surface area (Å²) in [5, 5.41) is 0. The molecule has 3 heteroatoms. The standard InChI is InChI=1S/C7H15NO.ClH/c1-7(6-8)4-2-3-5-9-7;/h2-6,8H2,1H3;1H. The van der Waals surface area contributed by atoms with Crippen molar-refractivity contribution in [1.29, 1.82) is 0 Å². The highest BCUT2D eigenvalue weighted by atomic mass is 35.5. The van der Waals surface area contributed by atoms with Crippen LogP contribution in [0.2, 0.25) is 0 Å². The molecule has 0 aromatic rings. The summed E-state index contributed by atoms with van der Waals surface area (Å²) in [6.07, 6.45) is 3.60. The number of rotatable bonds is 1. The predicted octanol–water partition coefficient (Wildman–Crippen LogP) is 1.33. The van der Waals surface area contributed by atoms with Crippen LogP contribution < -0.4 is 5.73 Å². The summed E-state index contributed by atoms with van der Waals surface area (Å²) >= 11 is 0. The van der Waals surface area contributed by atoms with Gasteiger partial charge in [0.05, 0.1) is 5.60 Å². The molecular weight excluding hydrogens is 150 g/mol. The second-order valence-corrected chi connectivity index (χ2v) is 2.96. The molecule has 0 aromatic carbocycles. The maximum atomic E-state index is 5.51. The Kier molecular flexibility index (Phi) is 4.25. The van der Waals surface area contributed by atoms with Gasteiger partial charge in [0, 0.05) is 13.2 Å². The van der Waals surface area contributed by atoms with Crippen LogP contribution in [0.3, 0.4) is 0 Å². The summed E-state index contributed by atoms with van der Waals surface area (Å²) in [6.45, 7) is 3.65. The van der Waals surface area contributed by atoms with Gasteiger partial charge in [-0.05, 0) is 26.2 Å². The van der Waals surface area contributed by atoms with Crippen LogP contribution in [0.4, 0.5) is 0 Å². The minimum Gasteiger partial charge on any atom is -0.374 e. The monoisotopic (exact) mass is 165 g/mol. The summed E-state index contributed by atoms with van der Waals surface area (Å²) in [5.74, 6) is 0. The fourth-order valence-corrected chi connectivity index (χ4v) is 1.15. The Labute approximate surface area is 68.5 Å². The maximum Gasteiger partial charge on any atom is 0.0776 e. The first-order valence-corrected chi connectivity index (χ1v) is 3.61. The molecule has 0 saturated carbocycles. The fourth-order valence-electron chi connectivity index (χ4n) is 1.15. The molecule has 0 aromatic heterocycles. The molecule has 2 nitrogen and oxygen atoms in total. The molecule has 0 aliphatic carbocycles. The van der Waals surface area contributed by atoms with Crippen molar-refractivity contribution in [3.63, 3.8) is 0 Å². The van der Waals surface area contributed by atoms with Gasteiger partial charge < -0.3 is 10.5 Å². The molecule has 10 heavy (non-hydrogen) atoms. The average Bonchev–Trinajstić information content (AvgIpc) is 1.90. The number of hydrogen-bond acceptors (Lipinski definition) is 2. The van der Waals surface area contributed by atoms with E-state index >= 15 is 0 Å². The highest BCUT2D eigenvalue weighted by molar-refractivity contribution is 5.85. The van der Waals surface area contributed by atoms with E-state index in [-0.39, 0.29) is 18.0 Å². The number of ether oxygens (including phenoxy) is 1. The maximum absolute atomic E-state index is 5.51. The van der Waals surface area contributed by atoms with Crippen molar-refractivity contribution in [3.05, 3.63) is 0 Å². The van der Waals surface area contributed by atoms with E-state index in [1.54, 1.807) is 0 Å². The van der Waals surface area contributed by atoms with Gasteiger partial charge >= 0.3 is 0 Å². The molecule has 1 saturated heterocycles. The van der Waals surface area contributed by atoms with Crippen molar-refractivity contribution >= 4 is 12.4 Å². The summed E-state index contributed by atoms with van der Waals surface area (Å²) in [6, 6.07) is 0. The lowest BCUT2D eigenvalue weighted by atomic mass is 9.96. The van der Waals surface area contributed by atoms with Crippen LogP contribution in [0.1, 0.15) is 26.2 Å². The molecule has 1 aliphatic rings. The Morgan fingerprint density at radius 2 is 2.20 bits per heavy atom. The molecule has 1 atom stereocenters. The summed E-state index contributed by atoms with van der Waals surface area (Å²) in [7, 11) is 0. The zero-order chi connectivity index (χ0) is 6.74. The van der Waals surface area contributed by atoms with Crippen molar-refractivity contribution in [2.75, 3.05) is 13.2 Å². The quantitative estimate of drug-likeness (QED) is 0.636. The highest BCUT2D eigenvalue weighted by Gasteiger charge is 2.25. The van der Waals surface area contributed by atoms with E-state index in [9.17, 15) is 0 Å². The molecule has 0 bridgehead atoms. The van der Waals surface area contributed by atoms with E-state index in [2.05, 4.69) is 6.92 Å². The van der Waals surface area contributed by atoms with E-state index in [4.69, 9.17) is 10.5 Å². The Hall–Kier alpha value is 0.210. The number of hydrogen-bond donors (Lipinski definition) is 1. The van der Waals surface area contributed by atoms with Crippen LogP contribution in [0.5, 0.6) is 0 Å². The highest BCUT2D eigenvalue weighted by Crippen LogP contribution is 2.22. The third-order valence-corrected chi connectivity index (χ3v) is 1.98. The molecule has 1 rings (SSSR count). The molecule has 62 valence electrons. The third-order valence-electron chi connectivity index (χ3n) is 1.98. The Bertz CT molecular complexity index is 91.6. The molecular formula is C7H16ClNO. The number of halogens is 1. The number of nitrogens with two attached hydrogens (primary N) is 1. The summed E-state index contributed by atoms with van der Waals surface area (Å²) in [4.78, 5) is 0. The van der Waals surface area contributed by atoms with Crippen LogP contribution in [0, 0.1) is 0 Å². The van der Waals surface area contributed by atoms with E-state index in [1.807, 2.05) is 0 Å². The first kappa shape index (κ1) is 10.2. The van der Waals surface area contributed by atoms with Crippen molar-refractivity contribution in [3.8, 4) is 0 Å². The van der Waals surface area contributed by atoms with Gasteiger partial charge in [-0.2, -0.15) is 0 Å². The molecule has 0 spiro atoms. The van der Waals surface area contributed by atoms with Crippen LogP contribution in [-0.2, 0) is 4.74 Å². The summed E-state index contributed by atoms with van der Waals surface area (Å²) < 4.78 is 5.49. The first-order valence-electron chi connectivity index (χ1n) is 3.61. The molecule has 0 amide bonds. The molecule has 1 heterocycles. The smallest absolute Gasteiger partial charge is 0.0776 e. The lowest BCUT2D eigenvalue weighted by molar-refractivity contribution is -0.0578. The van der Waals surface area contributed by atoms with E-state index in [0.717, 1.165) is 13.0 Å². The third kappa shape index (κ3) is 2.45. The molecule has 1 unspecified atom stereocenters. The molecule has 1 fully saturated rings. The zero-order valence-corrected chi connectivity index (χ0v) is 7.25. The minimum absolute atomic E-state index is 0. The Balaban J connectivity index is 0.000000810. The van der Waals surface area contributed by atoms with Crippen molar-refractivity contribution < 1.29 is 4.74 Å². The second-order valence-electron chi connectivity index (χ2n) is 2.96.